The summed E-state index contributed by atoms with van der Waals surface area (Å²) in [6, 6.07) is 17.1. The van der Waals surface area contributed by atoms with E-state index in [0.717, 1.165) is 25.9 Å². The lowest BCUT2D eigenvalue weighted by atomic mass is 10.2. The van der Waals surface area contributed by atoms with Crippen molar-refractivity contribution in [3.63, 3.8) is 0 Å². The third-order valence-corrected chi connectivity index (χ3v) is 7.31. The van der Waals surface area contributed by atoms with Gasteiger partial charge in [0.25, 0.3) is 0 Å². The number of aromatic nitrogens is 4. The van der Waals surface area contributed by atoms with E-state index in [-0.39, 0.29) is 5.75 Å². The van der Waals surface area contributed by atoms with Gasteiger partial charge in [0, 0.05) is 0 Å². The van der Waals surface area contributed by atoms with Crippen LogP contribution in [-0.4, -0.2) is 37.4 Å². The van der Waals surface area contributed by atoms with Gasteiger partial charge in [0.1, 0.15) is 5.82 Å². The van der Waals surface area contributed by atoms with Crippen LogP contribution in [0.5, 0.6) is 0 Å². The van der Waals surface area contributed by atoms with Crippen molar-refractivity contribution < 1.29 is 9.59 Å². The van der Waals surface area contributed by atoms with Gasteiger partial charge in [0.2, 0.25) is 5.91 Å². The molecule has 2 aromatic carbocycles. The zero-order chi connectivity index (χ0) is 21.6. The summed E-state index contributed by atoms with van der Waals surface area (Å²) in [7, 11) is 0. The van der Waals surface area contributed by atoms with Crippen molar-refractivity contribution in [3.05, 3.63) is 66.0 Å². The lowest BCUT2D eigenvalue weighted by Crippen LogP contribution is -2.36. The summed E-state index contributed by atoms with van der Waals surface area (Å²) < 4.78 is 4.09. The SMILES string of the molecule is NC(=O)NC(=O)CSc1nnc(CSc2nc3ccccc3s2)n1Cc1ccccc1. The Morgan fingerprint density at radius 3 is 2.58 bits per heavy atom. The number of fused-ring (bicyclic) bond motifs is 1. The number of carbonyl (C=O) groups excluding carboxylic acids is 2. The standard InChI is InChI=1S/C20H18N6O2S3/c21-18(28)23-17(27)12-29-19-25-24-16(26(19)10-13-6-2-1-3-7-13)11-30-20-22-14-8-4-5-9-15(14)31-20/h1-9H,10-12H2,(H3,21,23,27,28). The summed E-state index contributed by atoms with van der Waals surface area (Å²) in [6.07, 6.45) is 0. The molecule has 0 atom stereocenters. The van der Waals surface area contributed by atoms with Gasteiger partial charge in [-0.3, -0.25) is 10.1 Å². The Morgan fingerprint density at radius 2 is 1.81 bits per heavy atom. The number of carbonyl (C=O) groups is 2. The zero-order valence-electron chi connectivity index (χ0n) is 16.2. The predicted octanol–water partition coefficient (Wildman–Crippen LogP) is 3.52. The summed E-state index contributed by atoms with van der Waals surface area (Å²) >= 11 is 4.46. The van der Waals surface area contributed by atoms with Crippen LogP contribution in [0.15, 0.2) is 64.1 Å². The minimum absolute atomic E-state index is 0.0148. The number of nitrogens with one attached hydrogen (secondary N) is 1. The first kappa shape index (κ1) is 21.3. The molecule has 0 radical (unpaired) electrons. The molecule has 158 valence electrons. The van der Waals surface area contributed by atoms with E-state index < -0.39 is 11.9 Å². The number of nitrogens with two attached hydrogens (primary N) is 1. The molecule has 0 aliphatic rings. The zero-order valence-corrected chi connectivity index (χ0v) is 18.7. The molecule has 4 rings (SSSR count). The maximum absolute atomic E-state index is 11.8. The van der Waals surface area contributed by atoms with Crippen molar-refractivity contribution in [1.29, 1.82) is 0 Å². The summed E-state index contributed by atoms with van der Waals surface area (Å²) in [4.78, 5) is 27.3. The van der Waals surface area contributed by atoms with Crippen LogP contribution in [0.2, 0.25) is 0 Å². The molecule has 3 N–H and O–H groups in total. The minimum atomic E-state index is -0.871. The van der Waals surface area contributed by atoms with Gasteiger partial charge < -0.3 is 10.3 Å². The Morgan fingerprint density at radius 1 is 1.03 bits per heavy atom. The van der Waals surface area contributed by atoms with Gasteiger partial charge in [-0.05, 0) is 17.7 Å². The Labute approximate surface area is 190 Å². The van der Waals surface area contributed by atoms with Crippen LogP contribution in [0.4, 0.5) is 4.79 Å². The number of urea groups is 1. The van der Waals surface area contributed by atoms with Crippen LogP contribution in [-0.2, 0) is 17.1 Å². The van der Waals surface area contributed by atoms with E-state index in [1.165, 1.54) is 11.8 Å². The highest BCUT2D eigenvalue weighted by atomic mass is 32.2. The number of benzene rings is 2. The third-order valence-electron chi connectivity index (χ3n) is 4.17. The van der Waals surface area contributed by atoms with Gasteiger partial charge in [-0.2, -0.15) is 0 Å². The molecule has 0 fully saturated rings. The van der Waals surface area contributed by atoms with Gasteiger partial charge in [0.05, 0.1) is 28.3 Å². The number of thioether (sulfide) groups is 2. The highest BCUT2D eigenvalue weighted by Gasteiger charge is 2.16. The number of thiazole rings is 1. The average Bonchev–Trinajstić information content (AvgIpc) is 3.34. The molecule has 0 saturated heterocycles. The molecular formula is C20H18N6O2S3. The molecule has 11 heteroatoms. The van der Waals surface area contributed by atoms with Crippen molar-refractivity contribution in [2.24, 2.45) is 5.73 Å². The molecule has 2 heterocycles. The van der Waals surface area contributed by atoms with Crippen LogP contribution in [0.1, 0.15) is 11.4 Å². The normalized spacial score (nSPS) is 11.0. The number of para-hydroxylation sites is 1. The van der Waals surface area contributed by atoms with Crippen molar-refractivity contribution in [3.8, 4) is 0 Å². The molecule has 31 heavy (non-hydrogen) atoms. The van der Waals surface area contributed by atoms with Gasteiger partial charge in [0.15, 0.2) is 9.50 Å². The predicted molar refractivity (Wildman–Crippen MR) is 123 cm³/mol. The van der Waals surface area contributed by atoms with E-state index in [2.05, 4.69) is 26.6 Å². The summed E-state index contributed by atoms with van der Waals surface area (Å²) in [5.41, 5.74) is 7.08. The molecule has 3 amide bonds. The number of primary amides is 1. The van der Waals surface area contributed by atoms with Crippen LogP contribution in [0.3, 0.4) is 0 Å². The lowest BCUT2D eigenvalue weighted by Gasteiger charge is -2.10. The van der Waals surface area contributed by atoms with E-state index in [4.69, 9.17) is 5.73 Å². The average molecular weight is 471 g/mol. The monoisotopic (exact) mass is 470 g/mol. The Kier molecular flexibility index (Phi) is 6.85. The van der Waals surface area contributed by atoms with Crippen LogP contribution in [0.25, 0.3) is 10.2 Å². The summed E-state index contributed by atoms with van der Waals surface area (Å²) in [6.45, 7) is 0.573. The molecule has 0 bridgehead atoms. The maximum atomic E-state index is 11.8. The van der Waals surface area contributed by atoms with Gasteiger partial charge in [-0.25, -0.2) is 9.78 Å². The molecule has 0 aliphatic carbocycles. The number of hydrogen-bond donors (Lipinski definition) is 2. The Bertz CT molecular complexity index is 1180. The van der Waals surface area contributed by atoms with E-state index in [1.807, 2.05) is 53.1 Å². The topological polar surface area (TPSA) is 116 Å². The molecule has 2 aromatic heterocycles. The number of rotatable bonds is 8. The first-order valence-corrected chi connectivity index (χ1v) is 12.0. The molecule has 0 saturated carbocycles. The van der Waals surface area contributed by atoms with Crippen LogP contribution in [0, 0.1) is 0 Å². The number of amides is 3. The molecule has 0 spiro atoms. The largest absolute Gasteiger partial charge is 0.351 e. The van der Waals surface area contributed by atoms with Crippen molar-refractivity contribution in [2.75, 3.05) is 5.75 Å². The third kappa shape index (κ3) is 5.63. The smallest absolute Gasteiger partial charge is 0.318 e. The second-order valence-electron chi connectivity index (χ2n) is 6.41. The van der Waals surface area contributed by atoms with Gasteiger partial charge >= 0.3 is 6.03 Å². The van der Waals surface area contributed by atoms with Crippen molar-refractivity contribution >= 4 is 57.0 Å². The number of nitrogens with zero attached hydrogens (tertiary/aromatic N) is 4. The van der Waals surface area contributed by atoms with Gasteiger partial charge in [-0.1, -0.05) is 66.0 Å². The van der Waals surface area contributed by atoms with E-state index >= 15 is 0 Å². The van der Waals surface area contributed by atoms with Crippen LogP contribution >= 0.6 is 34.9 Å². The van der Waals surface area contributed by atoms with Crippen molar-refractivity contribution in [1.82, 2.24) is 25.1 Å². The first-order valence-electron chi connectivity index (χ1n) is 9.25. The second-order valence-corrected chi connectivity index (χ2v) is 9.60. The van der Waals surface area contributed by atoms with Crippen LogP contribution < -0.4 is 11.1 Å². The van der Waals surface area contributed by atoms with E-state index in [1.54, 1.807) is 23.1 Å². The molecule has 0 aliphatic heterocycles. The fourth-order valence-electron chi connectivity index (χ4n) is 2.80. The molecule has 0 unspecified atom stereocenters. The Balaban J connectivity index is 1.51. The first-order chi connectivity index (χ1) is 15.1. The fraction of sp³-hybridized carbons (Fsp3) is 0.150. The van der Waals surface area contributed by atoms with Crippen molar-refractivity contribution in [2.45, 2.75) is 21.8 Å². The fourth-order valence-corrected chi connectivity index (χ4v) is 5.56. The number of hydrogen-bond acceptors (Lipinski definition) is 8. The summed E-state index contributed by atoms with van der Waals surface area (Å²) in [5, 5.41) is 11.3. The summed E-state index contributed by atoms with van der Waals surface area (Å²) in [5.74, 6) is 0.914. The second kappa shape index (κ2) is 9.94. The van der Waals surface area contributed by atoms with E-state index in [0.29, 0.717) is 17.5 Å². The highest BCUT2D eigenvalue weighted by Crippen LogP contribution is 2.31. The number of imide groups is 1. The molecular weight excluding hydrogens is 452 g/mol. The van der Waals surface area contributed by atoms with Gasteiger partial charge in [-0.15, -0.1) is 21.5 Å². The highest BCUT2D eigenvalue weighted by molar-refractivity contribution is 8.00. The quantitative estimate of drug-likeness (QED) is 0.379. The molecule has 8 nitrogen and oxygen atoms in total. The lowest BCUT2D eigenvalue weighted by molar-refractivity contribution is -0.117. The Hall–Kier alpha value is -2.89. The minimum Gasteiger partial charge on any atom is -0.351 e. The van der Waals surface area contributed by atoms with E-state index in [9.17, 15) is 9.59 Å². The maximum Gasteiger partial charge on any atom is 0.318 e. The molecule has 4 aromatic rings.